The molecule has 0 saturated heterocycles. The fourth-order valence-corrected chi connectivity index (χ4v) is 2.39. The lowest BCUT2D eigenvalue weighted by atomic mass is 10.3. The highest BCUT2D eigenvalue weighted by atomic mass is 32.2. The van der Waals surface area contributed by atoms with Gasteiger partial charge in [-0.05, 0) is 20.8 Å². The first-order valence-electron chi connectivity index (χ1n) is 5.85. The van der Waals surface area contributed by atoms with Gasteiger partial charge < -0.3 is 4.74 Å². The first-order valence-corrected chi connectivity index (χ1v) is 6.84. The molecule has 0 amide bonds. The summed E-state index contributed by atoms with van der Waals surface area (Å²) in [5, 5.41) is 0.579. The van der Waals surface area contributed by atoms with Crippen LogP contribution in [0.5, 0.6) is 0 Å². The standard InChI is InChI=1S/C13H18N2O3S/c1-8(2)7-19-13-14-6-10(12(17)18-5)11(16)15(13)9(3)4/h6,9H,1,7H2,2-5H3. The van der Waals surface area contributed by atoms with E-state index in [9.17, 15) is 9.59 Å². The molecule has 0 aromatic carbocycles. The molecule has 0 atom stereocenters. The Bertz CT molecular complexity index is 549. The fraction of sp³-hybridized carbons (Fsp3) is 0.462. The van der Waals surface area contributed by atoms with E-state index in [0.717, 1.165) is 5.57 Å². The van der Waals surface area contributed by atoms with Crippen LogP contribution in [-0.2, 0) is 4.74 Å². The summed E-state index contributed by atoms with van der Waals surface area (Å²) in [5.74, 6) is 0.0137. The molecule has 104 valence electrons. The van der Waals surface area contributed by atoms with Crippen LogP contribution in [0, 0.1) is 0 Å². The summed E-state index contributed by atoms with van der Waals surface area (Å²) in [6.45, 7) is 9.47. The van der Waals surface area contributed by atoms with Gasteiger partial charge in [-0.25, -0.2) is 9.78 Å². The molecule has 0 aliphatic heterocycles. The normalized spacial score (nSPS) is 10.6. The lowest BCUT2D eigenvalue weighted by Crippen LogP contribution is -2.30. The number of methoxy groups -OCH3 is 1. The SMILES string of the molecule is C=C(C)CSc1ncc(C(=O)OC)c(=O)n1C(C)C. The van der Waals surface area contributed by atoms with Gasteiger partial charge in [-0.2, -0.15) is 0 Å². The molecule has 6 heteroatoms. The van der Waals surface area contributed by atoms with Gasteiger partial charge >= 0.3 is 5.97 Å². The van der Waals surface area contributed by atoms with Crippen LogP contribution in [-0.4, -0.2) is 28.4 Å². The van der Waals surface area contributed by atoms with Crippen molar-refractivity contribution in [2.75, 3.05) is 12.9 Å². The van der Waals surface area contributed by atoms with Gasteiger partial charge in [-0.15, -0.1) is 0 Å². The number of hydrogen-bond acceptors (Lipinski definition) is 5. The summed E-state index contributed by atoms with van der Waals surface area (Å²) in [6, 6.07) is -0.0859. The maximum Gasteiger partial charge on any atom is 0.345 e. The van der Waals surface area contributed by atoms with E-state index in [4.69, 9.17) is 0 Å². The molecule has 1 aromatic rings. The van der Waals surface area contributed by atoms with E-state index in [1.165, 1.54) is 29.6 Å². The Labute approximate surface area is 116 Å². The van der Waals surface area contributed by atoms with Crippen LogP contribution in [0.1, 0.15) is 37.2 Å². The minimum absolute atomic E-state index is 0.0455. The fourth-order valence-electron chi connectivity index (χ4n) is 1.45. The van der Waals surface area contributed by atoms with E-state index in [-0.39, 0.29) is 17.2 Å². The summed E-state index contributed by atoms with van der Waals surface area (Å²) >= 11 is 1.43. The number of nitrogens with zero attached hydrogens (tertiary/aromatic N) is 2. The van der Waals surface area contributed by atoms with Gasteiger partial charge in [0, 0.05) is 11.8 Å². The molecule has 0 aliphatic rings. The van der Waals surface area contributed by atoms with Crippen molar-refractivity contribution in [3.63, 3.8) is 0 Å². The van der Waals surface area contributed by atoms with E-state index >= 15 is 0 Å². The number of esters is 1. The van der Waals surface area contributed by atoms with Crippen LogP contribution < -0.4 is 5.56 Å². The quantitative estimate of drug-likeness (QED) is 0.359. The van der Waals surface area contributed by atoms with E-state index in [1.807, 2.05) is 20.8 Å². The number of ether oxygens (including phenoxy) is 1. The van der Waals surface area contributed by atoms with Crippen molar-refractivity contribution in [2.24, 2.45) is 0 Å². The highest BCUT2D eigenvalue weighted by Gasteiger charge is 2.18. The van der Waals surface area contributed by atoms with Gasteiger partial charge in [-0.3, -0.25) is 9.36 Å². The van der Waals surface area contributed by atoms with Crippen molar-refractivity contribution < 1.29 is 9.53 Å². The zero-order chi connectivity index (χ0) is 14.6. The number of carbonyl (C=O) groups excluding carboxylic acids is 1. The zero-order valence-electron chi connectivity index (χ0n) is 11.6. The second kappa shape index (κ2) is 6.56. The summed E-state index contributed by atoms with van der Waals surface area (Å²) in [5.41, 5.74) is 0.573. The van der Waals surface area contributed by atoms with Crippen LogP contribution >= 0.6 is 11.8 Å². The van der Waals surface area contributed by atoms with Crippen LogP contribution in [0.15, 0.2) is 28.3 Å². The maximum atomic E-state index is 12.3. The average molecular weight is 282 g/mol. The first-order chi connectivity index (χ1) is 8.88. The molecule has 0 fully saturated rings. The highest BCUT2D eigenvalue weighted by molar-refractivity contribution is 7.99. The Morgan fingerprint density at radius 1 is 1.58 bits per heavy atom. The summed E-state index contributed by atoms with van der Waals surface area (Å²) in [7, 11) is 1.24. The topological polar surface area (TPSA) is 61.2 Å². The summed E-state index contributed by atoms with van der Waals surface area (Å²) < 4.78 is 6.08. The minimum atomic E-state index is -0.664. The Hall–Kier alpha value is -1.56. The van der Waals surface area contributed by atoms with Crippen LogP contribution in [0.25, 0.3) is 0 Å². The van der Waals surface area contributed by atoms with Crippen molar-refractivity contribution >= 4 is 17.7 Å². The molecular formula is C13H18N2O3S. The Balaban J connectivity index is 3.28. The number of thioether (sulfide) groups is 1. The zero-order valence-corrected chi connectivity index (χ0v) is 12.4. The summed E-state index contributed by atoms with van der Waals surface area (Å²) in [6.07, 6.45) is 1.27. The largest absolute Gasteiger partial charge is 0.465 e. The molecule has 1 aromatic heterocycles. The molecule has 5 nitrogen and oxygen atoms in total. The lowest BCUT2D eigenvalue weighted by Gasteiger charge is -2.15. The number of hydrogen-bond donors (Lipinski definition) is 0. The molecule has 19 heavy (non-hydrogen) atoms. The van der Waals surface area contributed by atoms with Gasteiger partial charge in [0.05, 0.1) is 13.3 Å². The Kier molecular flexibility index (Phi) is 5.35. The molecule has 0 radical (unpaired) electrons. The van der Waals surface area contributed by atoms with Crippen molar-refractivity contribution in [3.05, 3.63) is 34.3 Å². The Morgan fingerprint density at radius 2 is 2.21 bits per heavy atom. The van der Waals surface area contributed by atoms with E-state index < -0.39 is 5.97 Å². The molecule has 0 saturated carbocycles. The molecule has 1 heterocycles. The molecule has 0 spiro atoms. The molecule has 0 N–H and O–H groups in total. The Morgan fingerprint density at radius 3 is 2.68 bits per heavy atom. The predicted molar refractivity (Wildman–Crippen MR) is 75.8 cm³/mol. The monoisotopic (exact) mass is 282 g/mol. The van der Waals surface area contributed by atoms with Gasteiger partial charge in [0.2, 0.25) is 0 Å². The van der Waals surface area contributed by atoms with Crippen LogP contribution in [0.2, 0.25) is 0 Å². The second-order valence-electron chi connectivity index (χ2n) is 4.46. The van der Waals surface area contributed by atoms with Crippen molar-refractivity contribution in [3.8, 4) is 0 Å². The molecule has 0 aliphatic carbocycles. The van der Waals surface area contributed by atoms with Gasteiger partial charge in [-0.1, -0.05) is 23.9 Å². The van der Waals surface area contributed by atoms with Gasteiger partial charge in [0.15, 0.2) is 5.16 Å². The first kappa shape index (κ1) is 15.5. The van der Waals surface area contributed by atoms with Gasteiger partial charge in [0.25, 0.3) is 5.56 Å². The predicted octanol–water partition coefficient (Wildman–Crippen LogP) is 2.28. The van der Waals surface area contributed by atoms with E-state index in [2.05, 4.69) is 16.3 Å². The van der Waals surface area contributed by atoms with E-state index in [1.54, 1.807) is 0 Å². The minimum Gasteiger partial charge on any atom is -0.465 e. The third-order valence-electron chi connectivity index (χ3n) is 2.33. The molecular weight excluding hydrogens is 264 g/mol. The van der Waals surface area contributed by atoms with E-state index in [0.29, 0.717) is 10.9 Å². The average Bonchev–Trinajstić information content (AvgIpc) is 2.34. The molecule has 0 bridgehead atoms. The number of carbonyl (C=O) groups is 1. The van der Waals surface area contributed by atoms with Crippen LogP contribution in [0.4, 0.5) is 0 Å². The highest BCUT2D eigenvalue weighted by Crippen LogP contribution is 2.19. The van der Waals surface area contributed by atoms with Crippen molar-refractivity contribution in [1.82, 2.24) is 9.55 Å². The molecule has 0 unspecified atom stereocenters. The smallest absolute Gasteiger partial charge is 0.345 e. The van der Waals surface area contributed by atoms with Crippen molar-refractivity contribution in [1.29, 1.82) is 0 Å². The lowest BCUT2D eigenvalue weighted by molar-refractivity contribution is 0.0596. The maximum absolute atomic E-state index is 12.3. The number of rotatable bonds is 5. The second-order valence-corrected chi connectivity index (χ2v) is 5.40. The number of aromatic nitrogens is 2. The van der Waals surface area contributed by atoms with Crippen molar-refractivity contribution in [2.45, 2.75) is 32.0 Å². The third kappa shape index (κ3) is 3.70. The summed E-state index contributed by atoms with van der Waals surface area (Å²) in [4.78, 5) is 27.9. The molecule has 1 rings (SSSR count). The third-order valence-corrected chi connectivity index (χ3v) is 3.53. The van der Waals surface area contributed by atoms with Gasteiger partial charge in [0.1, 0.15) is 5.56 Å². The van der Waals surface area contributed by atoms with Crippen LogP contribution in [0.3, 0.4) is 0 Å².